The lowest BCUT2D eigenvalue weighted by Gasteiger charge is -2.31. The highest BCUT2D eigenvalue weighted by Crippen LogP contribution is 2.32. The summed E-state index contributed by atoms with van der Waals surface area (Å²) in [7, 11) is 0. The lowest BCUT2D eigenvalue weighted by atomic mass is 10.1. The number of para-hydroxylation sites is 2. The minimum atomic E-state index is -0.186. The van der Waals surface area contributed by atoms with E-state index in [4.69, 9.17) is 10.5 Å². The molecule has 2 aliphatic heterocycles. The van der Waals surface area contributed by atoms with E-state index in [2.05, 4.69) is 0 Å². The molecule has 1 aromatic carbocycles. The number of hydrogen-bond acceptors (Lipinski definition) is 4. The zero-order valence-electron chi connectivity index (χ0n) is 13.1. The van der Waals surface area contributed by atoms with Crippen molar-refractivity contribution in [2.75, 3.05) is 31.1 Å². The monoisotopic (exact) mass is 339 g/mol. The van der Waals surface area contributed by atoms with Gasteiger partial charge in [0.2, 0.25) is 5.91 Å². The number of hydrogen-bond donors (Lipinski definition) is 1. The Bertz CT molecular complexity index is 596. The van der Waals surface area contributed by atoms with Crippen LogP contribution in [0, 0.1) is 5.92 Å². The molecule has 1 aromatic rings. The average molecular weight is 340 g/mol. The van der Waals surface area contributed by atoms with E-state index in [1.165, 1.54) is 4.90 Å². The summed E-state index contributed by atoms with van der Waals surface area (Å²) in [5.74, 6) is 0.776. The summed E-state index contributed by atoms with van der Waals surface area (Å²) in [5, 5.41) is 0. The van der Waals surface area contributed by atoms with Crippen molar-refractivity contribution in [1.82, 2.24) is 4.90 Å². The first kappa shape index (κ1) is 17.6. The lowest BCUT2D eigenvalue weighted by molar-refractivity contribution is -0.132. The number of nitrogens with zero attached hydrogens (tertiary/aromatic N) is 2. The van der Waals surface area contributed by atoms with Crippen LogP contribution in [0.1, 0.15) is 13.3 Å². The van der Waals surface area contributed by atoms with Crippen LogP contribution < -0.4 is 15.4 Å². The molecular formula is C16H22ClN3O3. The van der Waals surface area contributed by atoms with Crippen LogP contribution in [0.4, 0.5) is 5.69 Å². The van der Waals surface area contributed by atoms with E-state index in [9.17, 15) is 9.59 Å². The van der Waals surface area contributed by atoms with Crippen LogP contribution in [0.5, 0.6) is 5.75 Å². The van der Waals surface area contributed by atoms with Crippen LogP contribution >= 0.6 is 12.4 Å². The van der Waals surface area contributed by atoms with Crippen LogP contribution in [0.15, 0.2) is 24.3 Å². The quantitative estimate of drug-likeness (QED) is 0.892. The van der Waals surface area contributed by atoms with Gasteiger partial charge in [-0.3, -0.25) is 14.5 Å². The number of anilines is 1. The van der Waals surface area contributed by atoms with Crippen molar-refractivity contribution in [2.24, 2.45) is 11.7 Å². The lowest BCUT2D eigenvalue weighted by Crippen LogP contribution is -2.47. The molecule has 0 aromatic heterocycles. The summed E-state index contributed by atoms with van der Waals surface area (Å²) in [5.41, 5.74) is 6.37. The minimum absolute atomic E-state index is 0. The van der Waals surface area contributed by atoms with Crippen molar-refractivity contribution in [1.29, 1.82) is 0 Å². The maximum Gasteiger partial charge on any atom is 0.265 e. The Labute approximate surface area is 142 Å². The summed E-state index contributed by atoms with van der Waals surface area (Å²) in [6, 6.07) is 7.47. The molecule has 2 atom stereocenters. The van der Waals surface area contributed by atoms with Gasteiger partial charge >= 0.3 is 0 Å². The molecule has 2 unspecified atom stereocenters. The molecule has 0 bridgehead atoms. The second-order valence-corrected chi connectivity index (χ2v) is 5.97. The van der Waals surface area contributed by atoms with Crippen molar-refractivity contribution >= 4 is 29.9 Å². The number of fused-ring (bicyclic) bond motifs is 1. The van der Waals surface area contributed by atoms with Crippen LogP contribution in [-0.4, -0.2) is 49.0 Å². The summed E-state index contributed by atoms with van der Waals surface area (Å²) in [6.07, 6.45) is 0.926. The Morgan fingerprint density at radius 3 is 2.83 bits per heavy atom. The number of likely N-dealkylation sites (tertiary alicyclic amines) is 1. The van der Waals surface area contributed by atoms with E-state index in [-0.39, 0.29) is 43.4 Å². The molecule has 7 heteroatoms. The maximum atomic E-state index is 12.6. The Morgan fingerprint density at radius 2 is 2.13 bits per heavy atom. The molecule has 23 heavy (non-hydrogen) atoms. The molecule has 0 radical (unpaired) electrons. The molecule has 0 aliphatic carbocycles. The Hall–Kier alpha value is -1.79. The molecule has 126 valence electrons. The molecule has 2 heterocycles. The molecular weight excluding hydrogens is 318 g/mol. The number of ether oxygens (including phenoxy) is 1. The largest absolute Gasteiger partial charge is 0.482 e. The predicted octanol–water partition coefficient (Wildman–Crippen LogP) is 1.03. The third kappa shape index (κ3) is 3.43. The maximum absolute atomic E-state index is 12.6. The molecule has 2 N–H and O–H groups in total. The molecule has 2 amide bonds. The Balaban J connectivity index is 0.00000192. The topological polar surface area (TPSA) is 75.9 Å². The van der Waals surface area contributed by atoms with E-state index in [1.54, 1.807) is 6.07 Å². The fraction of sp³-hybridized carbons (Fsp3) is 0.500. The minimum Gasteiger partial charge on any atom is -0.482 e. The van der Waals surface area contributed by atoms with E-state index in [0.29, 0.717) is 30.4 Å². The summed E-state index contributed by atoms with van der Waals surface area (Å²) >= 11 is 0. The van der Waals surface area contributed by atoms with E-state index in [0.717, 1.165) is 6.42 Å². The van der Waals surface area contributed by atoms with Gasteiger partial charge in [0.15, 0.2) is 6.61 Å². The van der Waals surface area contributed by atoms with Gasteiger partial charge in [-0.1, -0.05) is 12.1 Å². The van der Waals surface area contributed by atoms with Crippen LogP contribution in [-0.2, 0) is 9.59 Å². The van der Waals surface area contributed by atoms with Crippen molar-refractivity contribution in [3.05, 3.63) is 24.3 Å². The number of amides is 2. The normalized spacial score (nSPS) is 23.1. The van der Waals surface area contributed by atoms with E-state index in [1.807, 2.05) is 30.0 Å². The van der Waals surface area contributed by atoms with Crippen LogP contribution in [0.2, 0.25) is 0 Å². The zero-order valence-corrected chi connectivity index (χ0v) is 13.9. The Kier molecular flexibility index (Phi) is 5.49. The molecule has 6 nitrogen and oxygen atoms in total. The number of carbonyl (C=O) groups excluding carboxylic acids is 2. The van der Waals surface area contributed by atoms with Crippen molar-refractivity contribution in [3.8, 4) is 5.75 Å². The van der Waals surface area contributed by atoms with Gasteiger partial charge in [0.05, 0.1) is 5.69 Å². The van der Waals surface area contributed by atoms with Crippen molar-refractivity contribution in [2.45, 2.75) is 19.4 Å². The third-order valence-corrected chi connectivity index (χ3v) is 4.42. The van der Waals surface area contributed by atoms with Crippen molar-refractivity contribution in [3.63, 3.8) is 0 Å². The molecule has 2 aliphatic rings. The second kappa shape index (κ2) is 7.19. The molecule has 0 spiro atoms. The van der Waals surface area contributed by atoms with Gasteiger partial charge in [-0.15, -0.1) is 12.4 Å². The molecule has 0 saturated carbocycles. The first-order valence-corrected chi connectivity index (χ1v) is 7.62. The predicted molar refractivity (Wildman–Crippen MR) is 89.9 cm³/mol. The second-order valence-electron chi connectivity index (χ2n) is 5.97. The van der Waals surface area contributed by atoms with Crippen molar-refractivity contribution < 1.29 is 14.3 Å². The number of halogens is 1. The standard InChI is InChI=1S/C16H21N3O3.ClH/c1-11-6-12(7-17)8-18(11)15(20)9-19-13-4-2-3-5-14(13)22-10-16(19)21;/h2-5,11-12H,6-10,17H2,1H3;1H. The summed E-state index contributed by atoms with van der Waals surface area (Å²) in [4.78, 5) is 28.1. The highest BCUT2D eigenvalue weighted by atomic mass is 35.5. The van der Waals surface area contributed by atoms with Gasteiger partial charge in [-0.25, -0.2) is 0 Å². The third-order valence-electron chi connectivity index (χ3n) is 4.42. The van der Waals surface area contributed by atoms with Gasteiger partial charge in [0, 0.05) is 12.6 Å². The number of nitrogens with two attached hydrogens (primary N) is 1. The highest BCUT2D eigenvalue weighted by molar-refractivity contribution is 6.02. The first-order chi connectivity index (χ1) is 10.6. The van der Waals surface area contributed by atoms with Gasteiger partial charge < -0.3 is 15.4 Å². The number of rotatable bonds is 3. The summed E-state index contributed by atoms with van der Waals surface area (Å²) in [6.45, 7) is 3.33. The molecule has 1 fully saturated rings. The number of carbonyl (C=O) groups is 2. The smallest absolute Gasteiger partial charge is 0.265 e. The van der Waals surface area contributed by atoms with Gasteiger partial charge in [0.1, 0.15) is 12.3 Å². The number of benzene rings is 1. The molecule has 1 saturated heterocycles. The SMILES string of the molecule is CC1CC(CN)CN1C(=O)CN1C(=O)COc2ccccc21.Cl. The fourth-order valence-corrected chi connectivity index (χ4v) is 3.21. The van der Waals surface area contributed by atoms with Gasteiger partial charge in [-0.05, 0) is 37.9 Å². The molecule has 3 rings (SSSR count). The van der Waals surface area contributed by atoms with E-state index < -0.39 is 0 Å². The van der Waals surface area contributed by atoms with E-state index >= 15 is 0 Å². The van der Waals surface area contributed by atoms with Gasteiger partial charge in [-0.2, -0.15) is 0 Å². The zero-order chi connectivity index (χ0) is 15.7. The summed E-state index contributed by atoms with van der Waals surface area (Å²) < 4.78 is 5.40. The first-order valence-electron chi connectivity index (χ1n) is 7.62. The highest BCUT2D eigenvalue weighted by Gasteiger charge is 2.34. The van der Waals surface area contributed by atoms with Crippen LogP contribution in [0.3, 0.4) is 0 Å². The van der Waals surface area contributed by atoms with Gasteiger partial charge in [0.25, 0.3) is 5.91 Å². The Morgan fingerprint density at radius 1 is 1.39 bits per heavy atom. The average Bonchev–Trinajstić information content (AvgIpc) is 2.91. The van der Waals surface area contributed by atoms with Crippen LogP contribution in [0.25, 0.3) is 0 Å². The fourth-order valence-electron chi connectivity index (χ4n) is 3.21.